The number of nitrogens with zero attached hydrogens (tertiary/aromatic N) is 3. The normalized spacial score (nSPS) is 20.3. The van der Waals surface area contributed by atoms with Crippen molar-refractivity contribution in [2.24, 2.45) is 17.4 Å². The third kappa shape index (κ3) is 6.65. The van der Waals surface area contributed by atoms with Crippen molar-refractivity contribution in [2.75, 3.05) is 39.3 Å². The van der Waals surface area contributed by atoms with Crippen LogP contribution >= 0.6 is 0 Å². The van der Waals surface area contributed by atoms with Crippen molar-refractivity contribution in [3.8, 4) is 6.07 Å². The molecule has 0 spiro atoms. The van der Waals surface area contributed by atoms with E-state index in [9.17, 15) is 9.59 Å². The SMILES string of the molecule is CC(=O)CN.N#CC1CCN(C2CCN(C(=O)CN)CC2)CC1. The number of rotatable bonds is 3. The molecule has 130 valence electrons. The van der Waals surface area contributed by atoms with Crippen LogP contribution in [0.1, 0.15) is 32.6 Å². The molecule has 0 aromatic carbocycles. The zero-order valence-electron chi connectivity index (χ0n) is 14.0. The van der Waals surface area contributed by atoms with Gasteiger partial charge in [0.15, 0.2) is 0 Å². The molecule has 2 rings (SSSR count). The van der Waals surface area contributed by atoms with Crippen molar-refractivity contribution < 1.29 is 9.59 Å². The van der Waals surface area contributed by atoms with Crippen LogP contribution < -0.4 is 11.5 Å². The molecular formula is C16H29N5O2. The molecule has 2 saturated heterocycles. The zero-order valence-corrected chi connectivity index (χ0v) is 14.0. The van der Waals surface area contributed by atoms with Gasteiger partial charge >= 0.3 is 0 Å². The van der Waals surface area contributed by atoms with E-state index in [1.54, 1.807) is 0 Å². The van der Waals surface area contributed by atoms with Gasteiger partial charge in [-0.05, 0) is 45.7 Å². The van der Waals surface area contributed by atoms with Crippen LogP contribution in [0, 0.1) is 17.2 Å². The number of ketones is 1. The van der Waals surface area contributed by atoms with E-state index in [4.69, 9.17) is 16.7 Å². The summed E-state index contributed by atoms with van der Waals surface area (Å²) in [6.07, 6.45) is 4.09. The molecule has 2 aliphatic rings. The van der Waals surface area contributed by atoms with Crippen molar-refractivity contribution in [1.29, 1.82) is 5.26 Å². The van der Waals surface area contributed by atoms with E-state index in [0.29, 0.717) is 6.04 Å². The van der Waals surface area contributed by atoms with Crippen LogP contribution in [-0.2, 0) is 9.59 Å². The van der Waals surface area contributed by atoms with Gasteiger partial charge in [-0.1, -0.05) is 0 Å². The van der Waals surface area contributed by atoms with Gasteiger partial charge in [0.2, 0.25) is 5.91 Å². The van der Waals surface area contributed by atoms with E-state index >= 15 is 0 Å². The molecule has 0 aliphatic carbocycles. The number of Topliss-reactive ketones (excluding diaryl/α,β-unsaturated/α-hetero) is 1. The Hall–Kier alpha value is -1.49. The molecule has 2 aliphatic heterocycles. The first-order valence-corrected chi connectivity index (χ1v) is 8.32. The summed E-state index contributed by atoms with van der Waals surface area (Å²) in [6.45, 7) is 5.48. The maximum atomic E-state index is 11.5. The molecule has 4 N–H and O–H groups in total. The zero-order chi connectivity index (χ0) is 17.2. The summed E-state index contributed by atoms with van der Waals surface area (Å²) in [5.41, 5.74) is 10.2. The van der Waals surface area contributed by atoms with Crippen LogP contribution in [0.25, 0.3) is 0 Å². The molecular weight excluding hydrogens is 294 g/mol. The standard InChI is InChI=1S/C13H22N4O.C3H7NO/c14-9-11-1-5-16(6-2-11)12-3-7-17(8-4-12)13(18)10-15;1-3(5)2-4/h11-12H,1-8,10,15H2;2,4H2,1H3. The fourth-order valence-corrected chi connectivity index (χ4v) is 3.00. The average Bonchev–Trinajstić information content (AvgIpc) is 2.61. The lowest BCUT2D eigenvalue weighted by Crippen LogP contribution is -2.49. The topological polar surface area (TPSA) is 116 Å². The lowest BCUT2D eigenvalue weighted by atomic mass is 9.94. The van der Waals surface area contributed by atoms with Crippen molar-refractivity contribution in [3.63, 3.8) is 0 Å². The Morgan fingerprint density at radius 1 is 1.04 bits per heavy atom. The lowest BCUT2D eigenvalue weighted by molar-refractivity contribution is -0.131. The van der Waals surface area contributed by atoms with E-state index in [1.165, 1.54) is 6.92 Å². The highest BCUT2D eigenvalue weighted by Crippen LogP contribution is 2.23. The number of carbonyl (C=O) groups is 2. The van der Waals surface area contributed by atoms with Gasteiger partial charge < -0.3 is 21.3 Å². The third-order valence-electron chi connectivity index (χ3n) is 4.51. The molecule has 0 saturated carbocycles. The second-order valence-corrected chi connectivity index (χ2v) is 6.16. The molecule has 0 atom stereocenters. The molecule has 23 heavy (non-hydrogen) atoms. The predicted molar refractivity (Wildman–Crippen MR) is 88.3 cm³/mol. The van der Waals surface area contributed by atoms with Crippen LogP contribution in [0.4, 0.5) is 0 Å². The number of carbonyl (C=O) groups excluding carboxylic acids is 2. The molecule has 7 nitrogen and oxygen atoms in total. The molecule has 0 aromatic heterocycles. The van der Waals surface area contributed by atoms with Crippen molar-refractivity contribution in [3.05, 3.63) is 0 Å². The number of hydrogen-bond donors (Lipinski definition) is 2. The monoisotopic (exact) mass is 323 g/mol. The minimum atomic E-state index is 0.0324. The Morgan fingerprint density at radius 3 is 1.96 bits per heavy atom. The number of nitriles is 1. The lowest BCUT2D eigenvalue weighted by Gasteiger charge is -2.40. The van der Waals surface area contributed by atoms with E-state index in [1.807, 2.05) is 4.90 Å². The maximum Gasteiger partial charge on any atom is 0.236 e. The molecule has 1 amide bonds. The van der Waals surface area contributed by atoms with Gasteiger partial charge in [0.25, 0.3) is 0 Å². The molecule has 0 aromatic rings. The van der Waals surface area contributed by atoms with Crippen LogP contribution in [0.3, 0.4) is 0 Å². The third-order valence-corrected chi connectivity index (χ3v) is 4.51. The Balaban J connectivity index is 0.000000463. The number of hydrogen-bond acceptors (Lipinski definition) is 6. The quantitative estimate of drug-likeness (QED) is 0.737. The summed E-state index contributed by atoms with van der Waals surface area (Å²) in [4.78, 5) is 25.5. The number of likely N-dealkylation sites (tertiary alicyclic amines) is 2. The second-order valence-electron chi connectivity index (χ2n) is 6.16. The summed E-state index contributed by atoms with van der Waals surface area (Å²) in [6, 6.07) is 2.95. The Morgan fingerprint density at radius 2 is 1.57 bits per heavy atom. The minimum Gasteiger partial charge on any atom is -0.341 e. The van der Waals surface area contributed by atoms with Crippen LogP contribution in [0.5, 0.6) is 0 Å². The van der Waals surface area contributed by atoms with Gasteiger partial charge in [-0.2, -0.15) is 5.26 Å². The highest BCUT2D eigenvalue weighted by molar-refractivity contribution is 5.78. The first-order valence-electron chi connectivity index (χ1n) is 8.32. The van der Waals surface area contributed by atoms with Crippen molar-refractivity contribution in [2.45, 2.75) is 38.6 Å². The minimum absolute atomic E-state index is 0.0324. The summed E-state index contributed by atoms with van der Waals surface area (Å²) >= 11 is 0. The molecule has 2 fully saturated rings. The van der Waals surface area contributed by atoms with Gasteiger partial charge in [0, 0.05) is 25.0 Å². The van der Waals surface area contributed by atoms with Crippen molar-refractivity contribution >= 4 is 11.7 Å². The smallest absolute Gasteiger partial charge is 0.236 e. The van der Waals surface area contributed by atoms with E-state index in [2.05, 4.69) is 11.0 Å². The fraction of sp³-hybridized carbons (Fsp3) is 0.812. The number of nitrogens with two attached hydrogens (primary N) is 2. The Bertz CT molecular complexity index is 419. The molecule has 2 heterocycles. The van der Waals surface area contributed by atoms with Gasteiger partial charge in [-0.15, -0.1) is 0 Å². The van der Waals surface area contributed by atoms with Gasteiger partial charge in [-0.25, -0.2) is 0 Å². The average molecular weight is 323 g/mol. The first-order chi connectivity index (χ1) is 11.0. The maximum absolute atomic E-state index is 11.5. The van der Waals surface area contributed by atoms with E-state index in [0.717, 1.165) is 51.9 Å². The van der Waals surface area contributed by atoms with Crippen LogP contribution in [0.15, 0.2) is 0 Å². The molecule has 0 unspecified atom stereocenters. The summed E-state index contributed by atoms with van der Waals surface area (Å²) < 4.78 is 0. The molecule has 0 bridgehead atoms. The summed E-state index contributed by atoms with van der Waals surface area (Å²) in [7, 11) is 0. The molecule has 0 radical (unpaired) electrons. The van der Waals surface area contributed by atoms with E-state index < -0.39 is 0 Å². The van der Waals surface area contributed by atoms with E-state index in [-0.39, 0.29) is 30.7 Å². The Labute approximate surface area is 138 Å². The number of amides is 1. The number of piperidine rings is 2. The second kappa shape index (κ2) is 10.3. The summed E-state index contributed by atoms with van der Waals surface area (Å²) in [5.74, 6) is 0.349. The fourth-order valence-electron chi connectivity index (χ4n) is 3.00. The van der Waals surface area contributed by atoms with Crippen LogP contribution in [0.2, 0.25) is 0 Å². The first kappa shape index (κ1) is 19.6. The Kier molecular flexibility index (Phi) is 8.77. The van der Waals surface area contributed by atoms with Crippen molar-refractivity contribution in [1.82, 2.24) is 9.80 Å². The van der Waals surface area contributed by atoms with Gasteiger partial charge in [0.1, 0.15) is 5.78 Å². The van der Waals surface area contributed by atoms with Gasteiger partial charge in [-0.3, -0.25) is 9.59 Å². The largest absolute Gasteiger partial charge is 0.341 e. The van der Waals surface area contributed by atoms with Gasteiger partial charge in [0.05, 0.1) is 19.2 Å². The molecule has 7 heteroatoms. The highest BCUT2D eigenvalue weighted by Gasteiger charge is 2.29. The predicted octanol–water partition coefficient (Wildman–Crippen LogP) is -0.294. The summed E-state index contributed by atoms with van der Waals surface area (Å²) in [5, 5.41) is 8.89. The highest BCUT2D eigenvalue weighted by atomic mass is 16.2. The van der Waals surface area contributed by atoms with Crippen LogP contribution in [-0.4, -0.2) is 66.8 Å².